The van der Waals surface area contributed by atoms with Crippen molar-refractivity contribution >= 4 is 24.7 Å². The molecule has 0 N–H and O–H groups in total. The van der Waals surface area contributed by atoms with E-state index in [2.05, 4.69) is 69.3 Å². The van der Waals surface area contributed by atoms with Crippen LogP contribution in [0.3, 0.4) is 0 Å². The first-order chi connectivity index (χ1) is 12.4. The summed E-state index contributed by atoms with van der Waals surface area (Å²) in [6.07, 6.45) is 2.07. The Morgan fingerprint density at radius 3 is 1.81 bits per heavy atom. The fourth-order valence-electron chi connectivity index (χ4n) is 3.46. The average Bonchev–Trinajstić information content (AvgIpc) is 2.65. The third kappa shape index (κ3) is 4.62. The van der Waals surface area contributed by atoms with Crippen molar-refractivity contribution in [2.45, 2.75) is 45.1 Å². The highest BCUT2D eigenvalue weighted by molar-refractivity contribution is 6.99. The van der Waals surface area contributed by atoms with Crippen molar-refractivity contribution in [1.29, 1.82) is 0 Å². The molecule has 0 spiro atoms. The molecule has 0 bridgehead atoms. The van der Waals surface area contributed by atoms with E-state index < -0.39 is 8.32 Å². The lowest BCUT2D eigenvalue weighted by atomic mass is 10.2. The predicted molar refractivity (Wildman–Crippen MR) is 109 cm³/mol. The Labute approximate surface area is 158 Å². The zero-order valence-corrected chi connectivity index (χ0v) is 17.3. The first-order valence-electron chi connectivity index (χ1n) is 9.23. The fourth-order valence-corrected chi connectivity index (χ4v) is 8.07. The topological polar surface area (TPSA) is 35.5 Å². The minimum absolute atomic E-state index is 0.0158. The van der Waals surface area contributed by atoms with Gasteiger partial charge in [0.05, 0.1) is 7.11 Å². The smallest absolute Gasteiger partial charge is 0.305 e. The number of ether oxygens (including phenoxy) is 1. The summed E-state index contributed by atoms with van der Waals surface area (Å²) >= 11 is 0. The molecule has 0 unspecified atom stereocenters. The van der Waals surface area contributed by atoms with Crippen LogP contribution in [-0.2, 0) is 14.0 Å². The van der Waals surface area contributed by atoms with Crippen LogP contribution in [0.15, 0.2) is 60.7 Å². The van der Waals surface area contributed by atoms with Crippen LogP contribution in [0, 0.1) is 0 Å². The summed E-state index contributed by atoms with van der Waals surface area (Å²) in [6.45, 7) is 7.46. The highest BCUT2D eigenvalue weighted by Gasteiger charge is 2.49. The molecular formula is C22H30O3Si. The van der Waals surface area contributed by atoms with Gasteiger partial charge in [-0.05, 0) is 28.3 Å². The molecular weight excluding hydrogens is 340 g/mol. The number of benzene rings is 2. The lowest BCUT2D eigenvalue weighted by Gasteiger charge is -2.43. The van der Waals surface area contributed by atoms with Gasteiger partial charge in [0.15, 0.2) is 0 Å². The second-order valence-electron chi connectivity index (χ2n) is 7.54. The third-order valence-electron chi connectivity index (χ3n) is 4.74. The molecule has 2 aromatic carbocycles. The summed E-state index contributed by atoms with van der Waals surface area (Å²) in [5, 5.41) is 2.55. The van der Waals surface area contributed by atoms with Crippen molar-refractivity contribution in [2.24, 2.45) is 0 Å². The van der Waals surface area contributed by atoms with Gasteiger partial charge in [0.25, 0.3) is 8.32 Å². The zero-order chi connectivity index (χ0) is 19.0. The van der Waals surface area contributed by atoms with E-state index >= 15 is 0 Å². The molecule has 3 nitrogen and oxygen atoms in total. The van der Waals surface area contributed by atoms with Crippen LogP contribution < -0.4 is 10.4 Å². The Morgan fingerprint density at radius 2 is 1.38 bits per heavy atom. The lowest BCUT2D eigenvalue weighted by Crippen LogP contribution is -2.66. The maximum absolute atomic E-state index is 11.3. The normalized spacial score (nSPS) is 12.0. The molecule has 0 aromatic heterocycles. The second kappa shape index (κ2) is 9.15. The molecule has 0 atom stereocenters. The number of esters is 1. The van der Waals surface area contributed by atoms with Crippen LogP contribution in [0.5, 0.6) is 0 Å². The van der Waals surface area contributed by atoms with Gasteiger partial charge >= 0.3 is 5.97 Å². The minimum Gasteiger partial charge on any atom is -0.469 e. The predicted octanol–water partition coefficient (Wildman–Crippen LogP) is 3.91. The van der Waals surface area contributed by atoms with Crippen LogP contribution >= 0.6 is 0 Å². The van der Waals surface area contributed by atoms with Crippen LogP contribution in [0.25, 0.3) is 0 Å². The summed E-state index contributed by atoms with van der Waals surface area (Å²) in [5.74, 6) is -0.157. The Balaban J connectivity index is 2.31. The van der Waals surface area contributed by atoms with Crippen molar-refractivity contribution in [2.75, 3.05) is 13.7 Å². The van der Waals surface area contributed by atoms with E-state index in [4.69, 9.17) is 9.16 Å². The van der Waals surface area contributed by atoms with Crippen molar-refractivity contribution in [3.05, 3.63) is 60.7 Å². The molecule has 0 radical (unpaired) electrons. The van der Waals surface area contributed by atoms with Crippen molar-refractivity contribution in [1.82, 2.24) is 0 Å². The van der Waals surface area contributed by atoms with E-state index in [0.717, 1.165) is 12.8 Å². The van der Waals surface area contributed by atoms with Crippen molar-refractivity contribution < 1.29 is 14.0 Å². The highest BCUT2D eigenvalue weighted by atomic mass is 28.4. The van der Waals surface area contributed by atoms with E-state index in [-0.39, 0.29) is 11.0 Å². The quantitative estimate of drug-likeness (QED) is 0.401. The van der Waals surface area contributed by atoms with Gasteiger partial charge in [-0.2, -0.15) is 0 Å². The van der Waals surface area contributed by atoms with Gasteiger partial charge in [-0.3, -0.25) is 4.79 Å². The Bertz CT molecular complexity index is 638. The van der Waals surface area contributed by atoms with E-state index in [0.29, 0.717) is 13.0 Å². The van der Waals surface area contributed by atoms with Crippen LogP contribution in [0.1, 0.15) is 40.0 Å². The second-order valence-corrected chi connectivity index (χ2v) is 11.9. The Kier molecular flexibility index (Phi) is 7.18. The molecule has 4 heteroatoms. The van der Waals surface area contributed by atoms with Gasteiger partial charge in [0, 0.05) is 13.0 Å². The monoisotopic (exact) mass is 370 g/mol. The summed E-state index contributed by atoms with van der Waals surface area (Å²) in [6, 6.07) is 21.2. The number of hydrogen-bond donors (Lipinski definition) is 0. The molecule has 2 aromatic rings. The lowest BCUT2D eigenvalue weighted by molar-refractivity contribution is -0.140. The minimum atomic E-state index is -2.45. The third-order valence-corrected chi connectivity index (χ3v) is 9.78. The summed E-state index contributed by atoms with van der Waals surface area (Å²) in [5.41, 5.74) is 0. The van der Waals surface area contributed by atoms with Crippen LogP contribution in [-0.4, -0.2) is 28.0 Å². The molecule has 0 saturated heterocycles. The van der Waals surface area contributed by atoms with Gasteiger partial charge in [0.1, 0.15) is 0 Å². The molecule has 0 aliphatic rings. The molecule has 0 amide bonds. The Morgan fingerprint density at radius 1 is 0.885 bits per heavy atom. The number of methoxy groups -OCH3 is 1. The highest BCUT2D eigenvalue weighted by Crippen LogP contribution is 2.36. The summed E-state index contributed by atoms with van der Waals surface area (Å²) in [4.78, 5) is 11.3. The van der Waals surface area contributed by atoms with E-state index in [1.54, 1.807) is 0 Å². The first-order valence-corrected chi connectivity index (χ1v) is 11.1. The maximum Gasteiger partial charge on any atom is 0.305 e. The van der Waals surface area contributed by atoms with Gasteiger partial charge < -0.3 is 9.16 Å². The van der Waals surface area contributed by atoms with Crippen LogP contribution in [0.2, 0.25) is 5.04 Å². The van der Waals surface area contributed by atoms with Gasteiger partial charge in [0.2, 0.25) is 0 Å². The fraction of sp³-hybridized carbons (Fsp3) is 0.409. The summed E-state index contributed by atoms with van der Waals surface area (Å²) in [7, 11) is -1.02. The molecule has 0 aliphatic heterocycles. The number of carbonyl (C=O) groups excluding carboxylic acids is 1. The van der Waals surface area contributed by atoms with Gasteiger partial charge in [-0.15, -0.1) is 0 Å². The number of rotatable bonds is 8. The van der Waals surface area contributed by atoms with E-state index in [1.165, 1.54) is 17.5 Å². The van der Waals surface area contributed by atoms with Crippen molar-refractivity contribution in [3.8, 4) is 0 Å². The van der Waals surface area contributed by atoms with Crippen molar-refractivity contribution in [3.63, 3.8) is 0 Å². The average molecular weight is 371 g/mol. The van der Waals surface area contributed by atoms with Crippen LogP contribution in [0.4, 0.5) is 0 Å². The first kappa shape index (κ1) is 20.4. The summed E-state index contributed by atoms with van der Waals surface area (Å²) < 4.78 is 11.5. The molecule has 140 valence electrons. The number of hydrogen-bond acceptors (Lipinski definition) is 3. The number of carbonyl (C=O) groups is 1. The largest absolute Gasteiger partial charge is 0.469 e. The van der Waals surface area contributed by atoms with Gasteiger partial charge in [-0.1, -0.05) is 81.4 Å². The SMILES string of the molecule is COC(=O)CCCCO[Si](c1ccccc1)(c1ccccc1)C(C)(C)C. The van der Waals surface area contributed by atoms with Gasteiger partial charge in [-0.25, -0.2) is 0 Å². The van der Waals surface area contributed by atoms with E-state index in [1.807, 2.05) is 12.1 Å². The molecule has 0 aliphatic carbocycles. The molecule has 0 saturated carbocycles. The zero-order valence-electron chi connectivity index (χ0n) is 16.3. The molecule has 0 heterocycles. The molecule has 26 heavy (non-hydrogen) atoms. The molecule has 2 rings (SSSR count). The maximum atomic E-state index is 11.3. The standard InChI is InChI=1S/C22H30O3Si/c1-22(2,3)26(19-13-7-5-8-14-19,20-15-9-6-10-16-20)25-18-12-11-17-21(23)24-4/h5-10,13-16H,11-12,17-18H2,1-4H3. The molecule has 0 fully saturated rings. The Hall–Kier alpha value is -1.91. The number of unbranched alkanes of at least 4 members (excludes halogenated alkanes) is 1. The van der Waals surface area contributed by atoms with E-state index in [9.17, 15) is 4.79 Å².